The van der Waals surface area contributed by atoms with E-state index in [9.17, 15) is 0 Å². The zero-order valence-electron chi connectivity index (χ0n) is 17.8. The van der Waals surface area contributed by atoms with Crippen molar-refractivity contribution in [1.29, 1.82) is 0 Å². The molecule has 0 saturated carbocycles. The number of para-hydroxylation sites is 1. The van der Waals surface area contributed by atoms with E-state index in [2.05, 4.69) is 88.8 Å². The number of nitrogens with zero attached hydrogens (tertiary/aromatic N) is 4. The Bertz CT molecular complexity index is 1150. The van der Waals surface area contributed by atoms with E-state index in [1.54, 1.807) is 0 Å². The van der Waals surface area contributed by atoms with Gasteiger partial charge in [0.1, 0.15) is 5.82 Å². The molecule has 5 heteroatoms. The Morgan fingerprint density at radius 2 is 1.48 bits per heavy atom. The van der Waals surface area contributed by atoms with Crippen molar-refractivity contribution in [1.82, 2.24) is 14.9 Å². The fourth-order valence-corrected chi connectivity index (χ4v) is 4.02. The van der Waals surface area contributed by atoms with Crippen LogP contribution in [0.2, 0.25) is 0 Å². The van der Waals surface area contributed by atoms with Crippen LogP contribution in [0.3, 0.4) is 0 Å². The molecule has 1 fully saturated rings. The number of piperazine rings is 1. The number of nitrogens with one attached hydrogen (secondary N) is 1. The molecule has 0 atom stereocenters. The highest BCUT2D eigenvalue weighted by Crippen LogP contribution is 2.27. The maximum Gasteiger partial charge on any atom is 0.227 e. The third-order valence-electron chi connectivity index (χ3n) is 5.81. The van der Waals surface area contributed by atoms with Gasteiger partial charge in [-0.15, -0.1) is 0 Å². The Morgan fingerprint density at radius 3 is 2.26 bits per heavy atom. The van der Waals surface area contributed by atoms with Gasteiger partial charge in [-0.2, -0.15) is 4.98 Å². The summed E-state index contributed by atoms with van der Waals surface area (Å²) >= 11 is 0. The molecule has 4 aromatic rings. The molecule has 31 heavy (non-hydrogen) atoms. The van der Waals surface area contributed by atoms with Gasteiger partial charge in [-0.3, -0.25) is 4.90 Å². The Hall–Kier alpha value is -3.44. The van der Waals surface area contributed by atoms with Gasteiger partial charge in [-0.05, 0) is 36.8 Å². The van der Waals surface area contributed by atoms with Crippen molar-refractivity contribution in [2.45, 2.75) is 13.5 Å². The average molecular weight is 410 g/mol. The zero-order valence-corrected chi connectivity index (χ0v) is 17.8. The lowest BCUT2D eigenvalue weighted by molar-refractivity contribution is 0.249. The lowest BCUT2D eigenvalue weighted by atomic mass is 10.2. The van der Waals surface area contributed by atoms with Crippen LogP contribution in [-0.2, 0) is 6.54 Å². The molecule has 3 aromatic carbocycles. The summed E-state index contributed by atoms with van der Waals surface area (Å²) in [7, 11) is 0. The average Bonchev–Trinajstić information content (AvgIpc) is 2.82. The summed E-state index contributed by atoms with van der Waals surface area (Å²) in [6.45, 7) is 6.95. The van der Waals surface area contributed by atoms with Gasteiger partial charge in [0.2, 0.25) is 5.95 Å². The molecular weight excluding hydrogens is 382 g/mol. The predicted octanol–water partition coefficient (Wildman–Crippen LogP) is 5.00. The van der Waals surface area contributed by atoms with Crippen molar-refractivity contribution in [3.8, 4) is 0 Å². The van der Waals surface area contributed by atoms with Crippen LogP contribution in [0.1, 0.15) is 11.1 Å². The Kier molecular flexibility index (Phi) is 5.50. The molecule has 5 nitrogen and oxygen atoms in total. The first-order valence-electron chi connectivity index (χ1n) is 10.9. The third-order valence-corrected chi connectivity index (χ3v) is 5.81. The van der Waals surface area contributed by atoms with E-state index in [1.807, 2.05) is 12.1 Å². The van der Waals surface area contributed by atoms with Gasteiger partial charge in [0.25, 0.3) is 0 Å². The van der Waals surface area contributed by atoms with Gasteiger partial charge in [-0.1, -0.05) is 60.2 Å². The molecule has 1 aliphatic rings. The molecule has 5 rings (SSSR count). The number of anilines is 3. The number of hydrogen-bond donors (Lipinski definition) is 1. The van der Waals surface area contributed by atoms with Gasteiger partial charge in [0, 0.05) is 43.8 Å². The van der Waals surface area contributed by atoms with Gasteiger partial charge in [0.15, 0.2) is 0 Å². The molecule has 0 spiro atoms. The monoisotopic (exact) mass is 409 g/mol. The van der Waals surface area contributed by atoms with E-state index >= 15 is 0 Å². The minimum absolute atomic E-state index is 0.799. The molecule has 2 heterocycles. The number of rotatable bonds is 5. The first kappa shape index (κ1) is 19.5. The minimum Gasteiger partial charge on any atom is -0.340 e. The number of benzene rings is 3. The van der Waals surface area contributed by atoms with Crippen LogP contribution in [0, 0.1) is 6.92 Å². The van der Waals surface area contributed by atoms with Crippen LogP contribution in [0.5, 0.6) is 0 Å². The van der Waals surface area contributed by atoms with E-state index in [0.29, 0.717) is 0 Å². The molecule has 0 amide bonds. The molecule has 0 aliphatic carbocycles. The topological polar surface area (TPSA) is 44.3 Å². The summed E-state index contributed by atoms with van der Waals surface area (Å²) in [5.74, 6) is 1.66. The fraction of sp³-hybridized carbons (Fsp3) is 0.231. The summed E-state index contributed by atoms with van der Waals surface area (Å²) < 4.78 is 0. The van der Waals surface area contributed by atoms with Gasteiger partial charge >= 0.3 is 0 Å². The minimum atomic E-state index is 0.799. The highest BCUT2D eigenvalue weighted by atomic mass is 15.3. The molecule has 1 aliphatic heterocycles. The largest absolute Gasteiger partial charge is 0.340 e. The second kappa shape index (κ2) is 8.74. The van der Waals surface area contributed by atoms with Crippen molar-refractivity contribution >= 4 is 28.4 Å². The Morgan fingerprint density at radius 1 is 0.774 bits per heavy atom. The standard InChI is InChI=1S/C26H27N5/c1-20-11-13-22(14-12-20)27-25-23-9-5-6-10-24(23)28-26(29-25)31-17-15-30(16-18-31)19-21-7-3-2-4-8-21/h2-14H,15-19H2,1H3,(H,27,28,29). The van der Waals surface area contributed by atoms with Crippen molar-refractivity contribution < 1.29 is 0 Å². The summed E-state index contributed by atoms with van der Waals surface area (Å²) in [4.78, 5) is 14.6. The highest BCUT2D eigenvalue weighted by molar-refractivity contribution is 5.91. The molecule has 1 saturated heterocycles. The van der Waals surface area contributed by atoms with Crippen molar-refractivity contribution in [3.63, 3.8) is 0 Å². The molecule has 0 unspecified atom stereocenters. The summed E-state index contributed by atoms with van der Waals surface area (Å²) in [5, 5.41) is 4.54. The Balaban J connectivity index is 1.36. The molecule has 1 aromatic heterocycles. The Labute approximate surface area is 183 Å². The molecular formula is C26H27N5. The molecule has 0 radical (unpaired) electrons. The first-order valence-corrected chi connectivity index (χ1v) is 10.9. The number of aromatic nitrogens is 2. The quantitative estimate of drug-likeness (QED) is 0.502. The lowest BCUT2D eigenvalue weighted by Gasteiger charge is -2.35. The number of hydrogen-bond acceptors (Lipinski definition) is 5. The summed E-state index contributed by atoms with van der Waals surface area (Å²) in [6.07, 6.45) is 0. The first-order chi connectivity index (χ1) is 15.2. The zero-order chi connectivity index (χ0) is 21.0. The lowest BCUT2D eigenvalue weighted by Crippen LogP contribution is -2.46. The molecule has 0 bridgehead atoms. The van der Waals surface area contributed by atoms with E-state index < -0.39 is 0 Å². The van der Waals surface area contributed by atoms with Gasteiger partial charge < -0.3 is 10.2 Å². The van der Waals surface area contributed by atoms with Crippen molar-refractivity contribution in [2.75, 3.05) is 36.4 Å². The maximum absolute atomic E-state index is 4.94. The van der Waals surface area contributed by atoms with Crippen LogP contribution < -0.4 is 10.2 Å². The summed E-state index contributed by atoms with van der Waals surface area (Å²) in [6, 6.07) is 27.3. The molecule has 156 valence electrons. The number of fused-ring (bicyclic) bond motifs is 1. The normalized spacial score (nSPS) is 14.7. The van der Waals surface area contributed by atoms with Crippen LogP contribution in [-0.4, -0.2) is 41.0 Å². The third kappa shape index (κ3) is 4.52. The van der Waals surface area contributed by atoms with E-state index in [-0.39, 0.29) is 0 Å². The smallest absolute Gasteiger partial charge is 0.227 e. The van der Waals surface area contributed by atoms with E-state index in [4.69, 9.17) is 9.97 Å². The van der Waals surface area contributed by atoms with Crippen LogP contribution in [0.15, 0.2) is 78.9 Å². The maximum atomic E-state index is 4.94. The van der Waals surface area contributed by atoms with Crippen LogP contribution in [0.25, 0.3) is 10.9 Å². The SMILES string of the molecule is Cc1ccc(Nc2nc(N3CCN(Cc4ccccc4)CC3)nc3ccccc23)cc1. The van der Waals surface area contributed by atoms with Crippen LogP contribution >= 0.6 is 0 Å². The fourth-order valence-electron chi connectivity index (χ4n) is 4.02. The predicted molar refractivity (Wildman–Crippen MR) is 128 cm³/mol. The van der Waals surface area contributed by atoms with Crippen LogP contribution in [0.4, 0.5) is 17.5 Å². The number of aryl methyl sites for hydroxylation is 1. The second-order valence-electron chi connectivity index (χ2n) is 8.13. The van der Waals surface area contributed by atoms with Gasteiger partial charge in [-0.25, -0.2) is 4.98 Å². The highest BCUT2D eigenvalue weighted by Gasteiger charge is 2.20. The van der Waals surface area contributed by atoms with E-state index in [1.165, 1.54) is 11.1 Å². The van der Waals surface area contributed by atoms with Crippen molar-refractivity contribution in [3.05, 3.63) is 90.0 Å². The molecule has 1 N–H and O–H groups in total. The van der Waals surface area contributed by atoms with Gasteiger partial charge in [0.05, 0.1) is 5.52 Å². The second-order valence-corrected chi connectivity index (χ2v) is 8.13. The van der Waals surface area contributed by atoms with E-state index in [0.717, 1.165) is 61.1 Å². The summed E-state index contributed by atoms with van der Waals surface area (Å²) in [5.41, 5.74) is 4.61. The van der Waals surface area contributed by atoms with Crippen molar-refractivity contribution in [2.24, 2.45) is 0 Å².